The van der Waals surface area contributed by atoms with Crippen LogP contribution in [0.2, 0.25) is 0 Å². The third-order valence-electron chi connectivity index (χ3n) is 6.81. The van der Waals surface area contributed by atoms with Gasteiger partial charge in [-0.25, -0.2) is 9.97 Å². The van der Waals surface area contributed by atoms with Gasteiger partial charge in [0.25, 0.3) is 11.1 Å². The maximum absolute atomic E-state index is 11.9. The largest absolute Gasteiger partial charge is 0.369 e. The minimum Gasteiger partial charge on any atom is -0.369 e. The molecule has 186 valence electrons. The van der Waals surface area contributed by atoms with Crippen LogP contribution in [0, 0.1) is 0 Å². The molecule has 2 amide bonds. The Hall–Kier alpha value is -3.23. The molecule has 8 heteroatoms. The molecule has 3 heterocycles. The van der Waals surface area contributed by atoms with Gasteiger partial charge in [-0.1, -0.05) is 44.4 Å². The Morgan fingerprint density at radius 3 is 2.50 bits per heavy atom. The van der Waals surface area contributed by atoms with E-state index in [0.717, 1.165) is 65.7 Å². The summed E-state index contributed by atoms with van der Waals surface area (Å²) in [6.45, 7) is 7.81. The summed E-state index contributed by atoms with van der Waals surface area (Å²) in [6, 6.07) is 14.4. The number of hydrogen-bond donors (Lipinski definition) is 1. The molecule has 0 saturated carbocycles. The van der Waals surface area contributed by atoms with Crippen LogP contribution in [0.1, 0.15) is 38.2 Å². The Kier molecular flexibility index (Phi) is 7.63. The molecule has 2 aromatic carbocycles. The smallest absolute Gasteiger partial charge is 0.290 e. The van der Waals surface area contributed by atoms with E-state index in [9.17, 15) is 9.59 Å². The highest BCUT2D eigenvalue weighted by atomic mass is 32.2. The summed E-state index contributed by atoms with van der Waals surface area (Å²) in [5.41, 5.74) is 4.77. The number of thioether (sulfide) groups is 1. The number of amides is 2. The summed E-state index contributed by atoms with van der Waals surface area (Å²) in [4.78, 5) is 37.9. The topological polar surface area (TPSA) is 78.4 Å². The van der Waals surface area contributed by atoms with Gasteiger partial charge in [-0.2, -0.15) is 0 Å². The number of carbonyl (C=O) groups excluding carboxylic acids is 2. The first-order valence-corrected chi connectivity index (χ1v) is 13.5. The van der Waals surface area contributed by atoms with Gasteiger partial charge in [0.15, 0.2) is 0 Å². The van der Waals surface area contributed by atoms with Crippen LogP contribution in [-0.2, 0) is 4.79 Å². The van der Waals surface area contributed by atoms with Crippen molar-refractivity contribution in [2.45, 2.75) is 32.6 Å². The molecular weight excluding hydrogens is 470 g/mol. The van der Waals surface area contributed by atoms with Gasteiger partial charge in [0.2, 0.25) is 0 Å². The maximum atomic E-state index is 11.9. The fraction of sp³-hybridized carbons (Fsp3) is 0.357. The predicted octanol–water partition coefficient (Wildman–Crippen LogP) is 5.32. The third kappa shape index (κ3) is 5.60. The van der Waals surface area contributed by atoms with Crippen LogP contribution >= 0.6 is 11.8 Å². The van der Waals surface area contributed by atoms with Crippen molar-refractivity contribution in [3.63, 3.8) is 0 Å². The number of nitrogens with zero attached hydrogens (tertiary/aromatic N) is 4. The number of carbonyl (C=O) groups is 2. The summed E-state index contributed by atoms with van der Waals surface area (Å²) < 4.78 is 0. The van der Waals surface area contributed by atoms with Crippen molar-refractivity contribution < 1.29 is 9.59 Å². The Morgan fingerprint density at radius 2 is 1.78 bits per heavy atom. The number of aromatic nitrogens is 2. The number of benzene rings is 2. The van der Waals surface area contributed by atoms with E-state index in [1.807, 2.05) is 18.2 Å². The van der Waals surface area contributed by atoms with Crippen molar-refractivity contribution >= 4 is 45.6 Å². The minimum atomic E-state index is -0.359. The molecule has 7 nitrogen and oxygen atoms in total. The molecule has 0 radical (unpaired) electrons. The average Bonchev–Trinajstić information content (AvgIpc) is 3.22. The van der Waals surface area contributed by atoms with Crippen LogP contribution in [0.25, 0.3) is 28.2 Å². The summed E-state index contributed by atoms with van der Waals surface area (Å²) in [5.74, 6) is -0.359. The van der Waals surface area contributed by atoms with Crippen LogP contribution in [0.5, 0.6) is 0 Å². The molecule has 5 rings (SSSR count). The Bertz CT molecular complexity index is 1280. The van der Waals surface area contributed by atoms with Crippen molar-refractivity contribution in [2.75, 3.05) is 37.6 Å². The Balaban J connectivity index is 1.30. The monoisotopic (exact) mass is 501 g/mol. The van der Waals surface area contributed by atoms with Gasteiger partial charge in [-0.05, 0) is 60.6 Å². The molecule has 2 aliphatic heterocycles. The second-order valence-electron chi connectivity index (χ2n) is 9.29. The zero-order valence-corrected chi connectivity index (χ0v) is 21.4. The van der Waals surface area contributed by atoms with Gasteiger partial charge in [0.1, 0.15) is 6.33 Å². The number of imide groups is 1. The second kappa shape index (κ2) is 11.2. The number of hydrogen-bond acceptors (Lipinski definition) is 7. The van der Waals surface area contributed by atoms with E-state index < -0.39 is 0 Å². The van der Waals surface area contributed by atoms with Crippen molar-refractivity contribution in [3.05, 3.63) is 59.3 Å². The molecule has 0 atom stereocenters. The van der Waals surface area contributed by atoms with E-state index in [4.69, 9.17) is 0 Å². The second-order valence-corrected chi connectivity index (χ2v) is 10.3. The molecule has 2 aliphatic rings. The Morgan fingerprint density at radius 1 is 0.972 bits per heavy atom. The molecule has 36 heavy (non-hydrogen) atoms. The summed E-state index contributed by atoms with van der Waals surface area (Å²) in [7, 11) is 0. The van der Waals surface area contributed by atoms with E-state index in [1.165, 1.54) is 37.9 Å². The SMILES string of the molecule is CCCCCCN1CCN(c2ccc(-c3ncnc4ccc(C=C5SC(=O)NC5=O)cc34)cc2)CC1. The molecule has 1 aromatic heterocycles. The molecule has 2 saturated heterocycles. The van der Waals surface area contributed by atoms with E-state index in [2.05, 4.69) is 56.3 Å². The first-order chi connectivity index (χ1) is 17.6. The van der Waals surface area contributed by atoms with Crippen molar-refractivity contribution in [1.82, 2.24) is 20.2 Å². The van der Waals surface area contributed by atoms with Gasteiger partial charge in [-0.3, -0.25) is 19.8 Å². The van der Waals surface area contributed by atoms with E-state index in [-0.39, 0.29) is 11.1 Å². The van der Waals surface area contributed by atoms with Crippen LogP contribution in [0.3, 0.4) is 0 Å². The first-order valence-electron chi connectivity index (χ1n) is 12.7. The van der Waals surface area contributed by atoms with E-state index in [0.29, 0.717) is 4.91 Å². The lowest BCUT2D eigenvalue weighted by atomic mass is 10.0. The van der Waals surface area contributed by atoms with Gasteiger partial charge in [0, 0.05) is 42.8 Å². The zero-order valence-electron chi connectivity index (χ0n) is 20.6. The zero-order chi connectivity index (χ0) is 24.9. The van der Waals surface area contributed by atoms with Crippen LogP contribution in [0.15, 0.2) is 53.7 Å². The van der Waals surface area contributed by atoms with Crippen molar-refractivity contribution in [1.29, 1.82) is 0 Å². The number of nitrogens with one attached hydrogen (secondary N) is 1. The quantitative estimate of drug-likeness (QED) is 0.330. The highest BCUT2D eigenvalue weighted by molar-refractivity contribution is 8.18. The number of rotatable bonds is 8. The lowest BCUT2D eigenvalue weighted by molar-refractivity contribution is -0.115. The fourth-order valence-corrected chi connectivity index (χ4v) is 5.47. The summed E-state index contributed by atoms with van der Waals surface area (Å²) in [5, 5.41) is 2.86. The molecular formula is C28H31N5O2S. The predicted molar refractivity (Wildman–Crippen MR) is 147 cm³/mol. The highest BCUT2D eigenvalue weighted by Gasteiger charge is 2.25. The normalized spacial score (nSPS) is 17.8. The number of unbranched alkanes of at least 4 members (excludes halogenated alkanes) is 3. The van der Waals surface area contributed by atoms with Gasteiger partial charge >= 0.3 is 0 Å². The van der Waals surface area contributed by atoms with Gasteiger partial charge < -0.3 is 4.90 Å². The molecule has 2 fully saturated rings. The van der Waals surface area contributed by atoms with E-state index in [1.54, 1.807) is 12.4 Å². The lowest BCUT2D eigenvalue weighted by Gasteiger charge is -2.36. The number of anilines is 1. The Labute approximate surface area is 216 Å². The van der Waals surface area contributed by atoms with Gasteiger partial charge in [0.05, 0.1) is 16.1 Å². The number of piperazine rings is 1. The molecule has 0 unspecified atom stereocenters. The number of fused-ring (bicyclic) bond motifs is 1. The van der Waals surface area contributed by atoms with E-state index >= 15 is 0 Å². The van der Waals surface area contributed by atoms with Crippen LogP contribution in [-0.4, -0.2) is 58.7 Å². The van der Waals surface area contributed by atoms with Crippen LogP contribution in [0.4, 0.5) is 10.5 Å². The third-order valence-corrected chi connectivity index (χ3v) is 7.62. The summed E-state index contributed by atoms with van der Waals surface area (Å²) in [6.07, 6.45) is 8.58. The molecule has 0 bridgehead atoms. The van der Waals surface area contributed by atoms with Crippen LogP contribution < -0.4 is 10.2 Å². The minimum absolute atomic E-state index is 0.343. The van der Waals surface area contributed by atoms with Gasteiger partial charge in [-0.15, -0.1) is 0 Å². The average molecular weight is 502 g/mol. The van der Waals surface area contributed by atoms with Crippen molar-refractivity contribution in [2.24, 2.45) is 0 Å². The molecule has 3 aromatic rings. The fourth-order valence-electron chi connectivity index (χ4n) is 4.79. The highest BCUT2D eigenvalue weighted by Crippen LogP contribution is 2.30. The first kappa shape index (κ1) is 24.5. The van der Waals surface area contributed by atoms with Crippen molar-refractivity contribution in [3.8, 4) is 11.3 Å². The molecule has 0 spiro atoms. The standard InChI is InChI=1S/C28H31N5O2S/c1-2-3-4-5-12-32-13-15-33(16-14-32)22-9-7-21(8-10-22)26-23-17-20(6-11-24(23)29-19-30-26)18-25-27(34)31-28(35)36-25/h6-11,17-19H,2-5,12-16H2,1H3,(H,31,34,35). The molecule has 1 N–H and O–H groups in total. The lowest BCUT2D eigenvalue weighted by Crippen LogP contribution is -2.46. The maximum Gasteiger partial charge on any atom is 0.290 e. The molecule has 0 aliphatic carbocycles. The summed E-state index contributed by atoms with van der Waals surface area (Å²) >= 11 is 0.918.